The fourth-order valence-electron chi connectivity index (χ4n) is 0.794. The van der Waals surface area contributed by atoms with Crippen LogP contribution in [0.2, 0.25) is 0 Å². The predicted octanol–water partition coefficient (Wildman–Crippen LogP) is 0.905. The van der Waals surface area contributed by atoms with Crippen molar-refractivity contribution >= 4 is 6.16 Å². The van der Waals surface area contributed by atoms with E-state index in [0.29, 0.717) is 0 Å². The topological polar surface area (TPSA) is 64.0 Å². The molecule has 1 heterocycles. The quantitative estimate of drug-likeness (QED) is 0.618. The first-order valence-corrected chi connectivity index (χ1v) is 3.60. The Labute approximate surface area is 71.5 Å². The van der Waals surface area contributed by atoms with E-state index in [1.54, 1.807) is 0 Å². The van der Waals surface area contributed by atoms with E-state index in [-0.39, 0.29) is 0 Å². The predicted molar refractivity (Wildman–Crippen MR) is 44.8 cm³/mol. The average molecular weight is 174 g/mol. The van der Waals surface area contributed by atoms with E-state index in [2.05, 4.69) is 36.2 Å². The van der Waals surface area contributed by atoms with Crippen LogP contribution in [0.5, 0.6) is 0 Å². The van der Waals surface area contributed by atoms with E-state index < -0.39 is 6.16 Å². The molecule has 0 spiro atoms. The summed E-state index contributed by atoms with van der Waals surface area (Å²) >= 11 is 0. The Hall–Kier alpha value is -1.39. The summed E-state index contributed by atoms with van der Waals surface area (Å²) in [5.74, 6) is 0. The molecule has 0 aliphatic carbocycles. The minimum Gasteiger partial charge on any atom is -0.450 e. The molecule has 1 aliphatic rings. The average Bonchev–Trinajstić information content (AvgIpc) is 2.34. The summed E-state index contributed by atoms with van der Waals surface area (Å²) in [7, 11) is 2.08. The highest BCUT2D eigenvalue weighted by atomic mass is 16.6. The van der Waals surface area contributed by atoms with Crippen LogP contribution >= 0.6 is 0 Å². The summed E-state index contributed by atoms with van der Waals surface area (Å²) < 4.78 is 0. The van der Waals surface area contributed by atoms with Crippen LogP contribution in [0.15, 0.2) is 12.4 Å². The standard InChI is InChI=1S/C6H12N2.CH2O3/c1-3-8-5-4-7(2)6-8;2-1(3)4/h4-5H,3,6H2,1-2H3;(H2,2,3,4). The molecule has 5 heteroatoms. The molecular weight excluding hydrogens is 160 g/mol. The Morgan fingerprint density at radius 1 is 1.50 bits per heavy atom. The van der Waals surface area contributed by atoms with Gasteiger partial charge in [-0.25, -0.2) is 4.79 Å². The minimum atomic E-state index is -1.83. The zero-order valence-corrected chi connectivity index (χ0v) is 7.27. The fourth-order valence-corrected chi connectivity index (χ4v) is 0.794. The molecule has 0 aromatic carbocycles. The Morgan fingerprint density at radius 3 is 2.17 bits per heavy atom. The highest BCUT2D eigenvalue weighted by Gasteiger charge is 2.03. The number of hydrogen-bond acceptors (Lipinski definition) is 3. The van der Waals surface area contributed by atoms with Gasteiger partial charge in [-0.1, -0.05) is 0 Å². The first-order chi connectivity index (χ1) is 5.56. The van der Waals surface area contributed by atoms with Crippen molar-refractivity contribution in [2.24, 2.45) is 0 Å². The molecule has 2 N–H and O–H groups in total. The highest BCUT2D eigenvalue weighted by molar-refractivity contribution is 5.53. The Morgan fingerprint density at radius 2 is 2.00 bits per heavy atom. The lowest BCUT2D eigenvalue weighted by Crippen LogP contribution is -2.21. The highest BCUT2D eigenvalue weighted by Crippen LogP contribution is 2.00. The van der Waals surface area contributed by atoms with Crippen LogP contribution in [-0.2, 0) is 0 Å². The maximum absolute atomic E-state index is 8.56. The lowest BCUT2D eigenvalue weighted by molar-refractivity contribution is 0.137. The van der Waals surface area contributed by atoms with Gasteiger partial charge in [0.1, 0.15) is 0 Å². The molecule has 0 aromatic rings. The summed E-state index contributed by atoms with van der Waals surface area (Å²) in [6.07, 6.45) is 2.36. The zero-order chi connectivity index (χ0) is 9.56. The Balaban J connectivity index is 0.000000261. The van der Waals surface area contributed by atoms with Crippen molar-refractivity contribution < 1.29 is 15.0 Å². The van der Waals surface area contributed by atoms with Crippen LogP contribution in [0.1, 0.15) is 6.92 Å². The summed E-state index contributed by atoms with van der Waals surface area (Å²) in [5, 5.41) is 13.9. The summed E-state index contributed by atoms with van der Waals surface area (Å²) in [5.41, 5.74) is 0. The van der Waals surface area contributed by atoms with E-state index >= 15 is 0 Å². The van der Waals surface area contributed by atoms with Crippen molar-refractivity contribution in [2.75, 3.05) is 20.3 Å². The molecule has 0 radical (unpaired) electrons. The molecule has 1 rings (SSSR count). The van der Waals surface area contributed by atoms with E-state index in [0.717, 1.165) is 13.2 Å². The lowest BCUT2D eigenvalue weighted by Gasteiger charge is -2.14. The third kappa shape index (κ3) is 5.40. The van der Waals surface area contributed by atoms with E-state index in [1.165, 1.54) is 0 Å². The van der Waals surface area contributed by atoms with Gasteiger partial charge in [0.2, 0.25) is 0 Å². The minimum absolute atomic E-state index is 1.05. The monoisotopic (exact) mass is 174 g/mol. The zero-order valence-electron chi connectivity index (χ0n) is 7.27. The second-order valence-corrected chi connectivity index (χ2v) is 2.38. The van der Waals surface area contributed by atoms with Crippen LogP contribution in [-0.4, -0.2) is 46.4 Å². The van der Waals surface area contributed by atoms with Gasteiger partial charge in [0.15, 0.2) is 0 Å². The Bertz CT molecular complexity index is 166. The largest absolute Gasteiger partial charge is 0.503 e. The second-order valence-electron chi connectivity index (χ2n) is 2.38. The fraction of sp³-hybridized carbons (Fsp3) is 0.571. The van der Waals surface area contributed by atoms with Crippen LogP contribution in [0.25, 0.3) is 0 Å². The first kappa shape index (κ1) is 10.6. The van der Waals surface area contributed by atoms with Crippen molar-refractivity contribution in [2.45, 2.75) is 6.92 Å². The molecule has 0 fully saturated rings. The molecule has 0 unspecified atom stereocenters. The van der Waals surface area contributed by atoms with Gasteiger partial charge in [-0.3, -0.25) is 0 Å². The molecule has 0 atom stereocenters. The van der Waals surface area contributed by atoms with Crippen molar-refractivity contribution in [1.29, 1.82) is 0 Å². The maximum atomic E-state index is 8.56. The van der Waals surface area contributed by atoms with Gasteiger partial charge >= 0.3 is 6.16 Å². The van der Waals surface area contributed by atoms with Crippen molar-refractivity contribution in [3.05, 3.63) is 12.4 Å². The second kappa shape index (κ2) is 5.29. The van der Waals surface area contributed by atoms with E-state index in [4.69, 9.17) is 15.0 Å². The number of hydrogen-bond donors (Lipinski definition) is 2. The number of carboxylic acid groups (broad SMARTS) is 2. The number of carbonyl (C=O) groups is 1. The molecule has 0 saturated heterocycles. The third-order valence-electron chi connectivity index (χ3n) is 1.34. The van der Waals surface area contributed by atoms with Crippen LogP contribution in [0.3, 0.4) is 0 Å². The maximum Gasteiger partial charge on any atom is 0.503 e. The smallest absolute Gasteiger partial charge is 0.450 e. The van der Waals surface area contributed by atoms with Crippen molar-refractivity contribution in [3.8, 4) is 0 Å². The van der Waals surface area contributed by atoms with E-state index in [1.807, 2.05) is 0 Å². The molecule has 12 heavy (non-hydrogen) atoms. The summed E-state index contributed by atoms with van der Waals surface area (Å²) in [6.45, 7) is 4.32. The third-order valence-corrected chi connectivity index (χ3v) is 1.34. The summed E-state index contributed by atoms with van der Waals surface area (Å²) in [6, 6.07) is 0. The lowest BCUT2D eigenvalue weighted by atomic mass is 10.6. The molecular formula is C7H14N2O3. The van der Waals surface area contributed by atoms with Crippen LogP contribution < -0.4 is 0 Å². The molecule has 0 bridgehead atoms. The Kier molecular flexibility index (Phi) is 4.67. The van der Waals surface area contributed by atoms with Gasteiger partial charge in [-0.2, -0.15) is 0 Å². The molecule has 70 valence electrons. The van der Waals surface area contributed by atoms with Gasteiger partial charge in [0.05, 0.1) is 6.67 Å². The van der Waals surface area contributed by atoms with Crippen molar-refractivity contribution in [1.82, 2.24) is 9.80 Å². The number of rotatable bonds is 1. The normalized spacial score (nSPS) is 14.2. The molecule has 1 aliphatic heterocycles. The van der Waals surface area contributed by atoms with Crippen LogP contribution in [0, 0.1) is 0 Å². The number of nitrogens with zero attached hydrogens (tertiary/aromatic N) is 2. The first-order valence-electron chi connectivity index (χ1n) is 3.60. The molecule has 5 nitrogen and oxygen atoms in total. The molecule has 0 aromatic heterocycles. The van der Waals surface area contributed by atoms with Gasteiger partial charge in [0.25, 0.3) is 0 Å². The van der Waals surface area contributed by atoms with Crippen molar-refractivity contribution in [3.63, 3.8) is 0 Å². The van der Waals surface area contributed by atoms with Crippen LogP contribution in [0.4, 0.5) is 4.79 Å². The molecule has 0 amide bonds. The van der Waals surface area contributed by atoms with E-state index in [9.17, 15) is 0 Å². The SMILES string of the molecule is CCN1C=CN(C)C1.O=C(O)O. The van der Waals surface area contributed by atoms with Gasteiger partial charge < -0.3 is 20.0 Å². The summed E-state index contributed by atoms with van der Waals surface area (Å²) in [4.78, 5) is 13.0. The van der Waals surface area contributed by atoms with Gasteiger partial charge in [-0.05, 0) is 6.92 Å². The van der Waals surface area contributed by atoms with Gasteiger partial charge in [0, 0.05) is 26.0 Å². The van der Waals surface area contributed by atoms with Gasteiger partial charge in [-0.15, -0.1) is 0 Å². The molecule has 0 saturated carbocycles.